The van der Waals surface area contributed by atoms with Crippen LogP contribution >= 0.6 is 34.3 Å². The minimum Gasteiger partial charge on any atom is -0.489 e. The van der Waals surface area contributed by atoms with Crippen LogP contribution in [0.25, 0.3) is 32.1 Å². The summed E-state index contributed by atoms with van der Waals surface area (Å²) >= 11 is 8.80. The van der Waals surface area contributed by atoms with Gasteiger partial charge in [0.25, 0.3) is 6.43 Å². The predicted molar refractivity (Wildman–Crippen MR) is 184 cm³/mol. The largest absolute Gasteiger partial charge is 0.489 e. The van der Waals surface area contributed by atoms with Gasteiger partial charge in [-0.15, -0.1) is 22.7 Å². The van der Waals surface area contributed by atoms with E-state index in [0.717, 1.165) is 12.5 Å². The van der Waals surface area contributed by atoms with Gasteiger partial charge in [-0.25, -0.2) is 26.7 Å². The summed E-state index contributed by atoms with van der Waals surface area (Å²) < 4.78 is 87.9. The summed E-state index contributed by atoms with van der Waals surface area (Å²) in [6.45, 7) is -0.240. The van der Waals surface area contributed by atoms with Crippen LogP contribution in [0.15, 0.2) is 23.8 Å². The first-order chi connectivity index (χ1) is 25.0. The van der Waals surface area contributed by atoms with Gasteiger partial charge in [0, 0.05) is 30.1 Å². The van der Waals surface area contributed by atoms with Crippen molar-refractivity contribution in [1.82, 2.24) is 19.9 Å². The Morgan fingerprint density at radius 2 is 2.12 bits per heavy atom. The first-order valence-electron chi connectivity index (χ1n) is 16.0. The van der Waals surface area contributed by atoms with E-state index in [1.165, 1.54) is 34.0 Å². The molecular weight excluding hydrogens is 753 g/mol. The third kappa shape index (κ3) is 5.61. The molecule has 0 bridgehead atoms. The number of fused-ring (bicyclic) bond motifs is 2. The normalized spacial score (nSPS) is 21.4. The molecule has 2 N–H and O–H groups in total. The van der Waals surface area contributed by atoms with Crippen LogP contribution in [0.4, 0.5) is 37.6 Å². The third-order valence-electron chi connectivity index (χ3n) is 9.71. The fraction of sp³-hybridized carbons (Fsp3) is 0.364. The van der Waals surface area contributed by atoms with Crippen LogP contribution in [-0.4, -0.2) is 82.0 Å². The first-order valence-corrected chi connectivity index (χ1v) is 18.0. The van der Waals surface area contributed by atoms with Crippen molar-refractivity contribution in [3.63, 3.8) is 0 Å². The van der Waals surface area contributed by atoms with Crippen molar-refractivity contribution in [1.29, 1.82) is 5.26 Å². The van der Waals surface area contributed by atoms with E-state index in [4.69, 9.17) is 21.1 Å². The Labute approximate surface area is 304 Å². The molecule has 1 amide bonds. The molecule has 52 heavy (non-hydrogen) atoms. The minimum atomic E-state index is -2.87. The number of thiazole rings is 1. The maximum absolute atomic E-state index is 17.3. The number of nitrogens with one attached hydrogen (secondary N) is 1. The highest BCUT2D eigenvalue weighted by Gasteiger charge is 2.49. The van der Waals surface area contributed by atoms with E-state index >= 15 is 8.78 Å². The van der Waals surface area contributed by atoms with Crippen molar-refractivity contribution < 1.29 is 41.3 Å². The number of halogens is 6. The van der Waals surface area contributed by atoms with Gasteiger partial charge in [-0.05, 0) is 31.0 Å². The Balaban J connectivity index is 1.37. The monoisotopic (exact) mass is 777 g/mol. The van der Waals surface area contributed by atoms with Crippen LogP contribution in [0.5, 0.6) is 11.8 Å². The van der Waals surface area contributed by atoms with Gasteiger partial charge >= 0.3 is 12.1 Å². The highest BCUT2D eigenvalue weighted by molar-refractivity contribution is 7.23. The number of ether oxygens (including phenoxy) is 2. The summed E-state index contributed by atoms with van der Waals surface area (Å²) in [5.41, 5.74) is -0.272. The van der Waals surface area contributed by atoms with Gasteiger partial charge in [0.1, 0.15) is 53.6 Å². The molecular formula is C33H25ClF5N7O4S2. The Hall–Kier alpha value is -4.57. The average Bonchev–Trinajstić information content (AvgIpc) is 3.87. The molecule has 2 fully saturated rings. The lowest BCUT2D eigenvalue weighted by atomic mass is 9.95. The van der Waals surface area contributed by atoms with Crippen molar-refractivity contribution in [2.45, 2.75) is 43.4 Å². The zero-order valence-electron chi connectivity index (χ0n) is 26.6. The fourth-order valence-corrected chi connectivity index (χ4v) is 9.71. The lowest BCUT2D eigenvalue weighted by Crippen LogP contribution is -2.43. The molecule has 2 saturated heterocycles. The molecule has 0 aliphatic carbocycles. The summed E-state index contributed by atoms with van der Waals surface area (Å²) in [7, 11) is 0. The van der Waals surface area contributed by atoms with Crippen LogP contribution in [0.2, 0.25) is 5.02 Å². The number of aromatic nitrogens is 3. The van der Waals surface area contributed by atoms with Crippen molar-refractivity contribution in [2.75, 3.05) is 43.1 Å². The van der Waals surface area contributed by atoms with Crippen LogP contribution < -0.4 is 19.7 Å². The van der Waals surface area contributed by atoms with Crippen molar-refractivity contribution in [3.05, 3.63) is 50.9 Å². The molecule has 19 heteroatoms. The molecule has 8 rings (SSSR count). The molecule has 0 saturated carbocycles. The number of hydrogen-bond donors (Lipinski definition) is 2. The summed E-state index contributed by atoms with van der Waals surface area (Å²) in [6.07, 6.45) is -2.27. The summed E-state index contributed by atoms with van der Waals surface area (Å²) in [6, 6.07) is 2.84. The van der Waals surface area contributed by atoms with Crippen LogP contribution in [0.1, 0.15) is 35.7 Å². The Morgan fingerprint density at radius 3 is 2.85 bits per heavy atom. The maximum Gasteiger partial charge on any atom is 0.409 e. The van der Waals surface area contributed by atoms with Gasteiger partial charge in [0.15, 0.2) is 11.6 Å². The van der Waals surface area contributed by atoms with Crippen LogP contribution in [-0.2, 0) is 0 Å². The highest BCUT2D eigenvalue weighted by Crippen LogP contribution is 2.52. The number of carboxylic acid groups (broad SMARTS) is 1. The lowest BCUT2D eigenvalue weighted by molar-refractivity contribution is 0.107. The number of hydrogen-bond acceptors (Lipinski definition) is 11. The average molecular weight is 778 g/mol. The molecule has 2 aromatic carbocycles. The Bertz CT molecular complexity index is 2290. The molecule has 5 aromatic rings. The molecule has 3 aliphatic rings. The highest BCUT2D eigenvalue weighted by atomic mass is 35.5. The summed E-state index contributed by atoms with van der Waals surface area (Å²) in [5, 5.41) is 20.7. The molecule has 0 spiro atoms. The van der Waals surface area contributed by atoms with E-state index in [1.54, 1.807) is 0 Å². The van der Waals surface area contributed by atoms with Gasteiger partial charge < -0.3 is 19.5 Å². The van der Waals surface area contributed by atoms with Gasteiger partial charge in [0.2, 0.25) is 0 Å². The quantitative estimate of drug-likeness (QED) is 0.149. The van der Waals surface area contributed by atoms with E-state index in [9.17, 15) is 28.3 Å². The van der Waals surface area contributed by atoms with Crippen LogP contribution in [0.3, 0.4) is 0 Å². The summed E-state index contributed by atoms with van der Waals surface area (Å²) in [5.74, 6) is -2.20. The second-order valence-electron chi connectivity index (χ2n) is 12.7. The van der Waals surface area contributed by atoms with Gasteiger partial charge in [-0.2, -0.15) is 15.2 Å². The van der Waals surface area contributed by atoms with E-state index in [2.05, 4.69) is 20.3 Å². The maximum atomic E-state index is 17.3. The second-order valence-corrected chi connectivity index (χ2v) is 15.0. The number of nitrogens with zero attached hydrogens (tertiary/aromatic N) is 6. The van der Waals surface area contributed by atoms with Gasteiger partial charge in [-0.1, -0.05) is 17.7 Å². The van der Waals surface area contributed by atoms with E-state index in [-0.39, 0.29) is 85.9 Å². The number of nitriles is 1. The number of anilines is 2. The molecule has 1 unspecified atom stereocenters. The van der Waals surface area contributed by atoms with E-state index in [0.29, 0.717) is 29.2 Å². The molecule has 3 aromatic heterocycles. The number of rotatable bonds is 8. The smallest absolute Gasteiger partial charge is 0.409 e. The van der Waals surface area contributed by atoms with Gasteiger partial charge in [0.05, 0.1) is 43.1 Å². The zero-order chi connectivity index (χ0) is 36.5. The molecule has 3 aliphatic heterocycles. The molecule has 0 radical (unpaired) electrons. The predicted octanol–water partition coefficient (Wildman–Crippen LogP) is 8.02. The molecule has 11 nitrogen and oxygen atoms in total. The van der Waals surface area contributed by atoms with E-state index in [1.807, 2.05) is 11.0 Å². The number of carbonyl (C=O) groups is 1. The third-order valence-corrected chi connectivity index (χ3v) is 12.1. The second kappa shape index (κ2) is 13.1. The Kier molecular flexibility index (Phi) is 8.71. The first kappa shape index (κ1) is 34.5. The van der Waals surface area contributed by atoms with Crippen LogP contribution in [0, 0.1) is 23.0 Å². The molecule has 3 atom stereocenters. The fourth-order valence-electron chi connectivity index (χ4n) is 7.59. The van der Waals surface area contributed by atoms with Crippen molar-refractivity contribution in [3.8, 4) is 29.0 Å². The number of alkyl halides is 3. The Morgan fingerprint density at radius 1 is 1.29 bits per heavy atom. The number of thiophene rings is 1. The zero-order valence-corrected chi connectivity index (χ0v) is 29.0. The van der Waals surface area contributed by atoms with Gasteiger partial charge in [-0.3, -0.25) is 15.2 Å². The minimum absolute atomic E-state index is 0.0463. The topological polar surface area (TPSA) is 137 Å². The lowest BCUT2D eigenvalue weighted by Gasteiger charge is -2.32. The summed E-state index contributed by atoms with van der Waals surface area (Å²) in [4.78, 5) is 28.4. The SMILES string of the molecule is N#Cc1c(NC(=O)O)sc2c(F)ccc(-c3c(Cl)c4c5c(nc(OC[C@@]67CCCN6C[C@H](F)C7)nc5c3F)N(CC(F)F)C(c3cncs3)CO4)c12. The molecule has 270 valence electrons. The van der Waals surface area contributed by atoms with E-state index < -0.39 is 54.0 Å². The van der Waals surface area contributed by atoms with Crippen molar-refractivity contribution in [2.24, 2.45) is 0 Å². The standard InChI is InChI=1S/C33H25ClF5N7O4S2/c34-24-22(15-2-3-17(36)28-21(15)16(7-40)30(52-28)44-32(47)48)25(39)26-23-27(24)49-11-18(19-8-41-13-51-19)46(10-20(37)38)29(23)43-31(42-26)50-12-33-4-1-5-45(33)9-14(35)6-33/h2-3,8,13-14,18,20,44H,1,4-6,9-12H2,(H,47,48)/t14-,18?,33+/m1/s1. The number of benzene rings is 2. The van der Waals surface area contributed by atoms with Crippen molar-refractivity contribution >= 4 is 72.2 Å². The molecule has 6 heterocycles. The number of amides is 1.